The van der Waals surface area contributed by atoms with E-state index in [0.717, 1.165) is 0 Å². The zero-order valence-corrected chi connectivity index (χ0v) is 8.84. The highest BCUT2D eigenvalue weighted by atomic mass is 32.2. The van der Waals surface area contributed by atoms with E-state index in [0.29, 0.717) is 22.0 Å². The number of thioether (sulfide) groups is 1. The van der Waals surface area contributed by atoms with Gasteiger partial charge in [0.05, 0.1) is 4.90 Å². The number of halogens is 1. The molecule has 0 saturated carbocycles. The third-order valence-electron chi connectivity index (χ3n) is 1.96. The number of nitrogens with two attached hydrogens (primary N) is 1. The molecule has 0 unspecified atom stereocenters. The maximum absolute atomic E-state index is 13.4. The molecule has 0 atom stereocenters. The van der Waals surface area contributed by atoms with Crippen molar-refractivity contribution in [3.8, 4) is 11.3 Å². The minimum absolute atomic E-state index is 0.269. The van der Waals surface area contributed by atoms with Crippen molar-refractivity contribution in [2.45, 2.75) is 4.90 Å². The third-order valence-corrected chi connectivity index (χ3v) is 2.79. The van der Waals surface area contributed by atoms with Crippen molar-refractivity contribution < 1.29 is 8.91 Å². The molecular formula is C10H9FN2OS. The molecule has 1 aromatic heterocycles. The van der Waals surface area contributed by atoms with Gasteiger partial charge in [-0.25, -0.2) is 4.39 Å². The Morgan fingerprint density at radius 3 is 2.87 bits per heavy atom. The molecule has 2 N–H and O–H groups in total. The highest BCUT2D eigenvalue weighted by molar-refractivity contribution is 7.98. The summed E-state index contributed by atoms with van der Waals surface area (Å²) in [5, 5.41) is 3.57. The normalized spacial score (nSPS) is 10.5. The molecular weight excluding hydrogens is 215 g/mol. The smallest absolute Gasteiger partial charge is 0.170 e. The van der Waals surface area contributed by atoms with Gasteiger partial charge >= 0.3 is 0 Å². The van der Waals surface area contributed by atoms with Crippen LogP contribution in [0.25, 0.3) is 11.3 Å². The average Bonchev–Trinajstić information content (AvgIpc) is 2.64. The predicted octanol–water partition coefficient (Wildman–Crippen LogP) is 2.78. The first-order valence-corrected chi connectivity index (χ1v) is 5.50. The standard InChI is InChI=1S/C10H9FN2OS/c1-15-10-6(3-2-4-7(10)11)8-5-9(12)13-14-8/h2-5H,1H3,(H2,12,13). The summed E-state index contributed by atoms with van der Waals surface area (Å²) in [5.74, 6) is 0.507. The van der Waals surface area contributed by atoms with E-state index < -0.39 is 0 Å². The van der Waals surface area contributed by atoms with E-state index in [1.807, 2.05) is 6.26 Å². The third kappa shape index (κ3) is 1.83. The number of nitrogens with zero attached hydrogens (tertiary/aromatic N) is 1. The van der Waals surface area contributed by atoms with Gasteiger partial charge in [-0.2, -0.15) is 0 Å². The van der Waals surface area contributed by atoms with Crippen molar-refractivity contribution in [2.75, 3.05) is 12.0 Å². The van der Waals surface area contributed by atoms with Crippen molar-refractivity contribution >= 4 is 17.6 Å². The summed E-state index contributed by atoms with van der Waals surface area (Å²) in [5.41, 5.74) is 6.11. The van der Waals surface area contributed by atoms with Crippen LogP contribution in [0.2, 0.25) is 0 Å². The number of benzene rings is 1. The summed E-state index contributed by atoms with van der Waals surface area (Å²) in [6.45, 7) is 0. The molecule has 0 spiro atoms. The van der Waals surface area contributed by atoms with Crippen LogP contribution in [0, 0.1) is 5.82 Å². The number of nitrogen functional groups attached to an aromatic ring is 1. The molecule has 0 aliphatic rings. The van der Waals surface area contributed by atoms with E-state index in [2.05, 4.69) is 5.16 Å². The minimum atomic E-state index is -0.269. The Hall–Kier alpha value is -1.49. The number of rotatable bonds is 2. The highest BCUT2D eigenvalue weighted by Crippen LogP contribution is 2.32. The maximum atomic E-state index is 13.4. The first-order valence-electron chi connectivity index (χ1n) is 4.27. The summed E-state index contributed by atoms with van der Waals surface area (Å²) < 4.78 is 18.4. The number of hydrogen-bond donors (Lipinski definition) is 1. The van der Waals surface area contributed by atoms with Crippen molar-refractivity contribution in [3.63, 3.8) is 0 Å². The maximum Gasteiger partial charge on any atom is 0.170 e. The van der Waals surface area contributed by atoms with E-state index in [-0.39, 0.29) is 5.82 Å². The fourth-order valence-electron chi connectivity index (χ4n) is 1.33. The summed E-state index contributed by atoms with van der Waals surface area (Å²) in [4.78, 5) is 0.536. The molecule has 0 amide bonds. The molecule has 0 aliphatic heterocycles. The molecule has 1 heterocycles. The van der Waals surface area contributed by atoms with Gasteiger partial charge in [0.25, 0.3) is 0 Å². The Morgan fingerprint density at radius 2 is 2.27 bits per heavy atom. The molecule has 0 aliphatic carbocycles. The average molecular weight is 224 g/mol. The molecule has 0 saturated heterocycles. The Balaban J connectivity index is 2.57. The fourth-order valence-corrected chi connectivity index (χ4v) is 1.98. The quantitative estimate of drug-likeness (QED) is 0.797. The molecule has 2 aromatic rings. The van der Waals surface area contributed by atoms with Gasteiger partial charge in [-0.15, -0.1) is 11.8 Å². The lowest BCUT2D eigenvalue weighted by molar-refractivity contribution is 0.434. The molecule has 1 aromatic carbocycles. The van der Waals surface area contributed by atoms with E-state index in [1.165, 1.54) is 17.8 Å². The van der Waals surface area contributed by atoms with Crippen LogP contribution < -0.4 is 5.73 Å². The molecule has 2 rings (SSSR count). The number of hydrogen-bond acceptors (Lipinski definition) is 4. The summed E-state index contributed by atoms with van der Waals surface area (Å²) >= 11 is 1.32. The Kier molecular flexibility index (Phi) is 2.64. The SMILES string of the molecule is CSc1c(F)cccc1-c1cc(N)no1. The van der Waals surface area contributed by atoms with Crippen LogP contribution in [0.1, 0.15) is 0 Å². The topological polar surface area (TPSA) is 52.0 Å². The molecule has 5 heteroatoms. The summed E-state index contributed by atoms with van der Waals surface area (Å²) in [6.07, 6.45) is 1.81. The monoisotopic (exact) mass is 224 g/mol. The van der Waals surface area contributed by atoms with Crippen LogP contribution in [-0.2, 0) is 0 Å². The van der Waals surface area contributed by atoms with E-state index in [1.54, 1.807) is 18.2 Å². The van der Waals surface area contributed by atoms with Crippen molar-refractivity contribution in [1.29, 1.82) is 0 Å². The van der Waals surface area contributed by atoms with Gasteiger partial charge in [0.2, 0.25) is 0 Å². The van der Waals surface area contributed by atoms with Crippen LogP contribution >= 0.6 is 11.8 Å². The molecule has 0 bridgehead atoms. The zero-order valence-electron chi connectivity index (χ0n) is 8.03. The number of anilines is 1. The minimum Gasteiger partial charge on any atom is -0.381 e. The van der Waals surface area contributed by atoms with Gasteiger partial charge < -0.3 is 10.3 Å². The van der Waals surface area contributed by atoms with E-state index in [4.69, 9.17) is 10.3 Å². The Labute approximate surface area is 90.4 Å². The molecule has 0 fully saturated rings. The largest absolute Gasteiger partial charge is 0.381 e. The van der Waals surface area contributed by atoms with Gasteiger partial charge in [0.15, 0.2) is 11.6 Å². The van der Waals surface area contributed by atoms with Crippen LogP contribution in [-0.4, -0.2) is 11.4 Å². The lowest BCUT2D eigenvalue weighted by atomic mass is 10.1. The van der Waals surface area contributed by atoms with Gasteiger partial charge in [-0.3, -0.25) is 0 Å². The predicted molar refractivity (Wildman–Crippen MR) is 58.1 cm³/mol. The Bertz CT molecular complexity index is 484. The van der Waals surface area contributed by atoms with Gasteiger partial charge in [0, 0.05) is 11.6 Å². The lowest BCUT2D eigenvalue weighted by Crippen LogP contribution is -1.85. The van der Waals surface area contributed by atoms with Crippen molar-refractivity contribution in [1.82, 2.24) is 5.16 Å². The van der Waals surface area contributed by atoms with E-state index in [9.17, 15) is 4.39 Å². The molecule has 0 radical (unpaired) electrons. The number of aromatic nitrogens is 1. The molecule has 3 nitrogen and oxygen atoms in total. The van der Waals surface area contributed by atoms with Crippen LogP contribution in [0.5, 0.6) is 0 Å². The van der Waals surface area contributed by atoms with E-state index >= 15 is 0 Å². The first kappa shape index (κ1) is 10.0. The fraction of sp³-hybridized carbons (Fsp3) is 0.100. The first-order chi connectivity index (χ1) is 7.22. The second kappa shape index (κ2) is 3.94. The Morgan fingerprint density at radius 1 is 1.47 bits per heavy atom. The second-order valence-electron chi connectivity index (χ2n) is 2.94. The van der Waals surface area contributed by atoms with Gasteiger partial charge in [-0.1, -0.05) is 11.2 Å². The van der Waals surface area contributed by atoms with Crippen molar-refractivity contribution in [2.24, 2.45) is 0 Å². The highest BCUT2D eigenvalue weighted by Gasteiger charge is 2.12. The van der Waals surface area contributed by atoms with Crippen LogP contribution in [0.3, 0.4) is 0 Å². The zero-order chi connectivity index (χ0) is 10.8. The molecule has 15 heavy (non-hydrogen) atoms. The van der Waals surface area contributed by atoms with Crippen LogP contribution in [0.4, 0.5) is 10.2 Å². The second-order valence-corrected chi connectivity index (χ2v) is 3.75. The molecule has 78 valence electrons. The van der Waals surface area contributed by atoms with Gasteiger partial charge in [0.1, 0.15) is 5.82 Å². The van der Waals surface area contributed by atoms with Crippen LogP contribution in [0.15, 0.2) is 33.7 Å². The summed E-state index contributed by atoms with van der Waals surface area (Å²) in [6, 6.07) is 6.39. The summed E-state index contributed by atoms with van der Waals surface area (Å²) in [7, 11) is 0. The van der Waals surface area contributed by atoms with Crippen molar-refractivity contribution in [3.05, 3.63) is 30.1 Å². The van der Waals surface area contributed by atoms with Gasteiger partial charge in [-0.05, 0) is 18.4 Å². The lowest BCUT2D eigenvalue weighted by Gasteiger charge is -2.03.